The zero-order valence-corrected chi connectivity index (χ0v) is 33.3. The topological polar surface area (TPSA) is 176 Å². The van der Waals surface area contributed by atoms with E-state index in [9.17, 15) is 40.7 Å². The van der Waals surface area contributed by atoms with Crippen LogP contribution in [0.1, 0.15) is 81.0 Å². The van der Waals surface area contributed by atoms with Crippen LogP contribution < -0.4 is 26.7 Å². The van der Waals surface area contributed by atoms with Gasteiger partial charge in [-0.05, 0) is 96.5 Å². The van der Waals surface area contributed by atoms with Crippen molar-refractivity contribution >= 4 is 29.4 Å². The van der Waals surface area contributed by atoms with Gasteiger partial charge in [0.05, 0.1) is 0 Å². The summed E-state index contributed by atoms with van der Waals surface area (Å²) in [7, 11) is 3.03. The minimum atomic E-state index is -2.98. The second-order valence-corrected chi connectivity index (χ2v) is 13.1. The van der Waals surface area contributed by atoms with Gasteiger partial charge in [0.1, 0.15) is 23.8 Å². The molecule has 0 aromatic heterocycles. The smallest absolute Gasteiger partial charge is 0.387 e. The molecule has 1 aliphatic heterocycles. The molecular weight excluding hydrogens is 807 g/mol. The summed E-state index contributed by atoms with van der Waals surface area (Å²) >= 11 is 0. The van der Waals surface area contributed by atoms with Gasteiger partial charge in [-0.3, -0.25) is 24.3 Å². The lowest BCUT2D eigenvalue weighted by Gasteiger charge is -2.27. The number of guanidine groups is 2. The van der Waals surface area contributed by atoms with Crippen LogP contribution in [0.2, 0.25) is 0 Å². The van der Waals surface area contributed by atoms with Crippen LogP contribution in [0, 0.1) is 0 Å². The first-order valence-electron chi connectivity index (χ1n) is 18.5. The standard InChI is InChI=1S/C22H22F3N3O2.C20H17F3O3.C2H7N3/c1-3-4-8-18(23)14-6-5-7-16(13-14)22(19(29)28(2)21(26)27-22)15-9-11-17(12-10-15)30-20(24)25;1-2-3-7-17(21)14-5-4-6-15(12-14)19(25)18(24)13-8-10-16(11-9-13)26-20(22)23;1-5-2(3)4/h3,5-7,9-13,18,20H,1,4,8H2,2H3,(H2,26,27);2,4-6,8-12,17,20H,1,3,7H2;1H3,(H4,3,4,5). The van der Waals surface area contributed by atoms with Crippen LogP contribution in [-0.2, 0) is 10.3 Å². The van der Waals surface area contributed by atoms with Crippen molar-refractivity contribution in [3.63, 3.8) is 0 Å². The Hall–Kier alpha value is -6.91. The molecule has 3 atom stereocenters. The summed E-state index contributed by atoms with van der Waals surface area (Å²) in [6.07, 6.45) is 2.24. The van der Waals surface area contributed by atoms with Gasteiger partial charge in [-0.2, -0.15) is 17.6 Å². The first-order chi connectivity index (χ1) is 29.0. The number of ether oxygens (including phenoxy) is 2. The minimum absolute atomic E-state index is 0.00164. The van der Waals surface area contributed by atoms with E-state index in [1.807, 2.05) is 0 Å². The molecule has 0 saturated carbocycles. The maximum absolute atomic E-state index is 14.7. The van der Waals surface area contributed by atoms with E-state index in [1.165, 1.54) is 85.7 Å². The lowest BCUT2D eigenvalue weighted by molar-refractivity contribution is -0.129. The molecule has 0 spiro atoms. The van der Waals surface area contributed by atoms with Crippen LogP contribution >= 0.6 is 0 Å². The number of carbonyl (C=O) groups excluding carboxylic acids is 3. The van der Waals surface area contributed by atoms with E-state index in [0.717, 1.165) is 0 Å². The zero-order chi connectivity index (χ0) is 45.3. The second kappa shape index (κ2) is 23.0. The first kappa shape index (κ1) is 48.5. The molecule has 0 fully saturated rings. The Morgan fingerprint density at radius 3 is 1.64 bits per heavy atom. The normalized spacial score (nSPS) is 15.3. The molecule has 0 aliphatic carbocycles. The van der Waals surface area contributed by atoms with Gasteiger partial charge in [0.15, 0.2) is 17.5 Å². The Morgan fingerprint density at radius 2 is 1.20 bits per heavy atom. The third kappa shape index (κ3) is 13.3. The Kier molecular flexibility index (Phi) is 18.3. The van der Waals surface area contributed by atoms with Crippen LogP contribution in [0.5, 0.6) is 11.5 Å². The molecule has 17 heteroatoms. The average Bonchev–Trinajstić information content (AvgIpc) is 3.49. The summed E-state index contributed by atoms with van der Waals surface area (Å²) < 4.78 is 86.5. The number of ketones is 2. The highest BCUT2D eigenvalue weighted by Crippen LogP contribution is 2.41. The summed E-state index contributed by atoms with van der Waals surface area (Å²) in [5.41, 5.74) is 15.7. The number of hydrogen-bond donors (Lipinski definition) is 3. The lowest BCUT2D eigenvalue weighted by atomic mass is 9.81. The molecular formula is C44H46F6N6O5. The fourth-order valence-corrected chi connectivity index (χ4v) is 5.81. The number of rotatable bonds is 17. The van der Waals surface area contributed by atoms with Crippen molar-refractivity contribution in [2.24, 2.45) is 27.2 Å². The number of allylic oxidation sites excluding steroid dienone is 2. The highest BCUT2D eigenvalue weighted by atomic mass is 19.3. The SMILES string of the molecule is C=CCCC(F)c1cccc(C(=O)C(=O)c2ccc(OC(F)F)cc2)c1.C=CCCC(F)c1cccc(C2(c3ccc(OC(F)F)cc3)N=C(N)N(C)C2=O)c1.CN=C(N)N. The Balaban J connectivity index is 0.000000295. The number of halogens is 6. The second-order valence-electron chi connectivity index (χ2n) is 13.1. The Bertz CT molecular complexity index is 2180. The highest BCUT2D eigenvalue weighted by Gasteiger charge is 2.49. The fraction of sp³-hybridized carbons (Fsp3) is 0.250. The molecule has 4 aromatic carbocycles. The third-order valence-corrected chi connectivity index (χ3v) is 8.97. The van der Waals surface area contributed by atoms with Crippen LogP contribution in [-0.4, -0.2) is 61.6 Å². The van der Waals surface area contributed by atoms with Gasteiger partial charge in [0, 0.05) is 25.2 Å². The highest BCUT2D eigenvalue weighted by molar-refractivity contribution is 6.49. The number of nitrogens with two attached hydrogens (primary N) is 3. The summed E-state index contributed by atoms with van der Waals surface area (Å²) in [5.74, 6) is -2.08. The summed E-state index contributed by atoms with van der Waals surface area (Å²) in [6, 6.07) is 22.8. The average molecular weight is 853 g/mol. The maximum Gasteiger partial charge on any atom is 0.387 e. The number of aliphatic imine (C=N–C) groups is 2. The van der Waals surface area contributed by atoms with Crippen molar-refractivity contribution < 1.29 is 50.2 Å². The lowest BCUT2D eigenvalue weighted by Crippen LogP contribution is -2.41. The number of likely N-dealkylation sites (N-methyl/N-ethyl adjacent to an activating group) is 1. The van der Waals surface area contributed by atoms with Crippen LogP contribution in [0.15, 0.2) is 132 Å². The number of hydrogen-bond acceptors (Lipinski definition) is 8. The maximum atomic E-state index is 14.7. The van der Waals surface area contributed by atoms with Crippen molar-refractivity contribution in [3.8, 4) is 11.5 Å². The van der Waals surface area contributed by atoms with Crippen molar-refractivity contribution in [3.05, 3.63) is 156 Å². The quantitative estimate of drug-likeness (QED) is 0.0237. The number of alkyl halides is 6. The third-order valence-electron chi connectivity index (χ3n) is 8.97. The molecule has 0 saturated heterocycles. The zero-order valence-electron chi connectivity index (χ0n) is 33.3. The minimum Gasteiger partial charge on any atom is -0.435 e. The number of benzene rings is 4. The van der Waals surface area contributed by atoms with Gasteiger partial charge in [-0.15, -0.1) is 13.2 Å². The molecule has 6 N–H and O–H groups in total. The number of carbonyl (C=O) groups is 3. The van der Waals surface area contributed by atoms with Gasteiger partial charge in [-0.25, -0.2) is 13.8 Å². The molecule has 1 amide bonds. The van der Waals surface area contributed by atoms with E-state index in [0.29, 0.717) is 35.1 Å². The van der Waals surface area contributed by atoms with E-state index in [1.54, 1.807) is 42.5 Å². The van der Waals surface area contributed by atoms with Crippen LogP contribution in [0.25, 0.3) is 0 Å². The van der Waals surface area contributed by atoms with Crippen molar-refractivity contribution in [1.29, 1.82) is 0 Å². The Morgan fingerprint density at radius 1 is 0.738 bits per heavy atom. The fourth-order valence-electron chi connectivity index (χ4n) is 5.81. The van der Waals surface area contributed by atoms with E-state index < -0.39 is 48.6 Å². The first-order valence-corrected chi connectivity index (χ1v) is 18.5. The van der Waals surface area contributed by atoms with Gasteiger partial charge in [-0.1, -0.05) is 60.7 Å². The molecule has 5 rings (SSSR count). The predicted octanol–water partition coefficient (Wildman–Crippen LogP) is 8.52. The molecule has 4 aromatic rings. The molecule has 1 heterocycles. The van der Waals surface area contributed by atoms with Crippen molar-refractivity contribution in [1.82, 2.24) is 4.90 Å². The van der Waals surface area contributed by atoms with Gasteiger partial charge >= 0.3 is 13.2 Å². The molecule has 3 unspecified atom stereocenters. The Labute approximate surface area is 349 Å². The molecule has 0 bridgehead atoms. The van der Waals surface area contributed by atoms with Crippen molar-refractivity contribution in [2.45, 2.75) is 56.8 Å². The summed E-state index contributed by atoms with van der Waals surface area (Å²) in [5, 5.41) is 0. The van der Waals surface area contributed by atoms with E-state index in [4.69, 9.17) is 17.2 Å². The van der Waals surface area contributed by atoms with Gasteiger partial charge < -0.3 is 26.7 Å². The number of nitrogens with zero attached hydrogens (tertiary/aromatic N) is 3. The molecule has 0 radical (unpaired) electrons. The predicted molar refractivity (Wildman–Crippen MR) is 221 cm³/mol. The molecule has 324 valence electrons. The van der Waals surface area contributed by atoms with Gasteiger partial charge in [0.2, 0.25) is 11.6 Å². The monoisotopic (exact) mass is 852 g/mol. The van der Waals surface area contributed by atoms with Crippen molar-refractivity contribution in [2.75, 3.05) is 14.1 Å². The van der Waals surface area contributed by atoms with Gasteiger partial charge in [0.25, 0.3) is 5.91 Å². The van der Waals surface area contributed by atoms with Crippen LogP contribution in [0.3, 0.4) is 0 Å². The molecule has 1 aliphatic rings. The number of Topliss-reactive ketones (excluding diaryl/α,β-unsaturated/α-hetero) is 2. The molecule has 11 nitrogen and oxygen atoms in total. The number of amides is 1. The van der Waals surface area contributed by atoms with E-state index in [2.05, 4.69) is 32.6 Å². The van der Waals surface area contributed by atoms with E-state index >= 15 is 0 Å². The summed E-state index contributed by atoms with van der Waals surface area (Å²) in [6.45, 7) is 1.20. The van der Waals surface area contributed by atoms with Crippen LogP contribution in [0.4, 0.5) is 26.3 Å². The van der Waals surface area contributed by atoms with E-state index in [-0.39, 0.29) is 47.4 Å². The summed E-state index contributed by atoms with van der Waals surface area (Å²) in [4.78, 5) is 46.9. The molecule has 61 heavy (non-hydrogen) atoms. The largest absolute Gasteiger partial charge is 0.435 e.